The van der Waals surface area contributed by atoms with Crippen molar-refractivity contribution in [1.29, 1.82) is 0 Å². The van der Waals surface area contributed by atoms with Crippen molar-refractivity contribution in [1.82, 2.24) is 4.90 Å². The molecule has 0 saturated heterocycles. The van der Waals surface area contributed by atoms with Gasteiger partial charge in [-0.05, 0) is 36.8 Å². The summed E-state index contributed by atoms with van der Waals surface area (Å²) in [5.41, 5.74) is 6.05. The molecule has 0 unspecified atom stereocenters. The minimum Gasteiger partial charge on any atom is -0.302 e. The second-order valence-corrected chi connectivity index (χ2v) is 3.38. The molecule has 0 spiro atoms. The first-order valence-corrected chi connectivity index (χ1v) is 5.36. The van der Waals surface area contributed by atoms with Crippen molar-refractivity contribution in [3.8, 4) is 0 Å². The molecule has 1 aliphatic carbocycles. The van der Waals surface area contributed by atoms with Crippen LogP contribution in [0.15, 0.2) is 41.2 Å². The maximum absolute atomic E-state index is 3.15. The van der Waals surface area contributed by atoms with Crippen molar-refractivity contribution >= 4 is 0 Å². The zero-order chi connectivity index (χ0) is 10.4. The summed E-state index contributed by atoms with van der Waals surface area (Å²) < 4.78 is 0. The van der Waals surface area contributed by atoms with E-state index < -0.39 is 0 Å². The Morgan fingerprint density at radius 2 is 2.07 bits per heavy atom. The standard InChI is InChI=1S/C11H13N.C2H6/c1-12-8-7-10-5-3-2-4-6-11(10)9-12;1-2/h2-3,5-6H,7-9H2,1H3;1-2H3. The van der Waals surface area contributed by atoms with Crippen molar-refractivity contribution in [3.63, 3.8) is 0 Å². The summed E-state index contributed by atoms with van der Waals surface area (Å²) in [6.45, 7) is 6.25. The van der Waals surface area contributed by atoms with Gasteiger partial charge < -0.3 is 4.90 Å². The minimum atomic E-state index is 1.07. The zero-order valence-electron chi connectivity index (χ0n) is 9.38. The summed E-state index contributed by atoms with van der Waals surface area (Å²) in [5, 5.41) is 0. The Balaban J connectivity index is 0.000000461. The van der Waals surface area contributed by atoms with E-state index in [-0.39, 0.29) is 0 Å². The number of hydrogen-bond acceptors (Lipinski definition) is 1. The van der Waals surface area contributed by atoms with E-state index in [1.165, 1.54) is 24.1 Å². The van der Waals surface area contributed by atoms with E-state index >= 15 is 0 Å². The van der Waals surface area contributed by atoms with Gasteiger partial charge in [0.2, 0.25) is 0 Å². The predicted molar refractivity (Wildman–Crippen MR) is 62.3 cm³/mol. The van der Waals surface area contributed by atoms with Gasteiger partial charge in [-0.3, -0.25) is 0 Å². The lowest BCUT2D eigenvalue weighted by atomic mass is 10.0. The first-order chi connectivity index (χ1) is 6.86. The van der Waals surface area contributed by atoms with Crippen LogP contribution in [0.1, 0.15) is 20.3 Å². The first kappa shape index (κ1) is 11.0. The van der Waals surface area contributed by atoms with Crippen LogP contribution in [0.2, 0.25) is 0 Å². The molecule has 1 aliphatic heterocycles. The number of allylic oxidation sites excluding steroid dienone is 2. The number of nitrogens with zero attached hydrogens (tertiary/aromatic N) is 1. The Hall–Kier alpha value is -1.04. The summed E-state index contributed by atoms with van der Waals surface area (Å²) in [7, 11) is 2.16. The average molecular weight is 189 g/mol. The molecule has 0 aromatic carbocycles. The number of hydrogen-bond donors (Lipinski definition) is 0. The lowest BCUT2D eigenvalue weighted by Crippen LogP contribution is -2.26. The molecule has 0 fully saturated rings. The Kier molecular flexibility index (Phi) is 4.45. The van der Waals surface area contributed by atoms with Crippen molar-refractivity contribution in [2.75, 3.05) is 20.1 Å². The zero-order valence-corrected chi connectivity index (χ0v) is 9.38. The normalized spacial score (nSPS) is 19.9. The van der Waals surface area contributed by atoms with E-state index in [9.17, 15) is 0 Å². The third-order valence-corrected chi connectivity index (χ3v) is 2.36. The Morgan fingerprint density at radius 1 is 1.29 bits per heavy atom. The summed E-state index contributed by atoms with van der Waals surface area (Å²) in [6.07, 6.45) is 9.53. The van der Waals surface area contributed by atoms with Crippen molar-refractivity contribution < 1.29 is 0 Å². The van der Waals surface area contributed by atoms with Crippen molar-refractivity contribution in [3.05, 3.63) is 41.2 Å². The van der Waals surface area contributed by atoms with Crippen LogP contribution in [0.25, 0.3) is 0 Å². The molecule has 0 amide bonds. The van der Waals surface area contributed by atoms with Crippen LogP contribution in [-0.2, 0) is 0 Å². The van der Waals surface area contributed by atoms with Crippen LogP contribution in [-0.4, -0.2) is 25.0 Å². The van der Waals surface area contributed by atoms with Gasteiger partial charge in [0.1, 0.15) is 0 Å². The molecule has 0 aromatic heterocycles. The van der Waals surface area contributed by atoms with E-state index in [0.717, 1.165) is 6.54 Å². The SMILES string of the molecule is CC.CN1CCC2=C(C=C=CC=C2)C1. The van der Waals surface area contributed by atoms with E-state index in [4.69, 9.17) is 0 Å². The summed E-state index contributed by atoms with van der Waals surface area (Å²) in [6, 6.07) is 0. The summed E-state index contributed by atoms with van der Waals surface area (Å²) >= 11 is 0. The molecular formula is C13H19N. The van der Waals surface area contributed by atoms with Crippen LogP contribution in [0, 0.1) is 0 Å². The highest BCUT2D eigenvalue weighted by Crippen LogP contribution is 2.19. The maximum atomic E-state index is 3.15. The van der Waals surface area contributed by atoms with E-state index in [1.807, 2.05) is 19.9 Å². The van der Waals surface area contributed by atoms with Gasteiger partial charge in [0.05, 0.1) is 0 Å². The summed E-state index contributed by atoms with van der Waals surface area (Å²) in [5.74, 6) is 0. The van der Waals surface area contributed by atoms with Gasteiger partial charge >= 0.3 is 0 Å². The van der Waals surface area contributed by atoms with Gasteiger partial charge in [0.15, 0.2) is 0 Å². The number of rotatable bonds is 0. The average Bonchev–Trinajstić information content (AvgIpc) is 2.45. The highest BCUT2D eigenvalue weighted by Gasteiger charge is 2.12. The van der Waals surface area contributed by atoms with E-state index in [0.29, 0.717) is 0 Å². The van der Waals surface area contributed by atoms with Gasteiger partial charge in [-0.1, -0.05) is 26.0 Å². The molecule has 2 aliphatic rings. The minimum absolute atomic E-state index is 1.07. The first-order valence-electron chi connectivity index (χ1n) is 5.36. The van der Waals surface area contributed by atoms with Crippen LogP contribution < -0.4 is 0 Å². The van der Waals surface area contributed by atoms with Gasteiger partial charge in [0, 0.05) is 13.1 Å². The highest BCUT2D eigenvalue weighted by atomic mass is 15.1. The largest absolute Gasteiger partial charge is 0.302 e. The molecule has 2 rings (SSSR count). The van der Waals surface area contributed by atoms with Crippen LogP contribution >= 0.6 is 0 Å². The second kappa shape index (κ2) is 5.64. The second-order valence-electron chi connectivity index (χ2n) is 3.38. The van der Waals surface area contributed by atoms with Gasteiger partial charge in [-0.15, -0.1) is 5.73 Å². The molecule has 14 heavy (non-hydrogen) atoms. The maximum Gasteiger partial charge on any atom is 0.0239 e. The molecule has 1 nitrogen and oxygen atoms in total. The molecule has 0 N–H and O–H groups in total. The molecule has 1 heterocycles. The monoisotopic (exact) mass is 189 g/mol. The predicted octanol–water partition coefficient (Wildman–Crippen LogP) is 2.93. The van der Waals surface area contributed by atoms with Gasteiger partial charge in [-0.25, -0.2) is 0 Å². The van der Waals surface area contributed by atoms with Crippen LogP contribution in [0.4, 0.5) is 0 Å². The van der Waals surface area contributed by atoms with Gasteiger partial charge in [-0.2, -0.15) is 0 Å². The van der Waals surface area contributed by atoms with Crippen LogP contribution in [0.5, 0.6) is 0 Å². The Bertz CT molecular complexity index is 301. The van der Waals surface area contributed by atoms with Crippen molar-refractivity contribution in [2.45, 2.75) is 20.3 Å². The molecule has 0 aromatic rings. The third kappa shape index (κ3) is 2.73. The fourth-order valence-electron chi connectivity index (χ4n) is 1.64. The fourth-order valence-corrected chi connectivity index (χ4v) is 1.64. The molecule has 0 atom stereocenters. The van der Waals surface area contributed by atoms with Gasteiger partial charge in [0.25, 0.3) is 0 Å². The fraction of sp³-hybridized carbons (Fsp3) is 0.462. The lowest BCUT2D eigenvalue weighted by molar-refractivity contribution is 0.354. The van der Waals surface area contributed by atoms with Crippen LogP contribution in [0.3, 0.4) is 0 Å². The molecular weight excluding hydrogens is 170 g/mol. The molecule has 0 saturated carbocycles. The van der Waals surface area contributed by atoms with E-state index in [1.54, 1.807) is 0 Å². The Labute approximate surface area is 87.1 Å². The smallest absolute Gasteiger partial charge is 0.0239 e. The lowest BCUT2D eigenvalue weighted by Gasteiger charge is -2.24. The quantitative estimate of drug-likeness (QED) is 0.530. The number of likely N-dealkylation sites (N-methyl/N-ethyl adjacent to an activating group) is 1. The third-order valence-electron chi connectivity index (χ3n) is 2.36. The van der Waals surface area contributed by atoms with E-state index in [2.05, 4.69) is 35.9 Å². The van der Waals surface area contributed by atoms with Crippen molar-refractivity contribution in [2.24, 2.45) is 0 Å². The summed E-state index contributed by atoms with van der Waals surface area (Å²) in [4.78, 5) is 2.34. The molecule has 1 heteroatoms. The molecule has 0 radical (unpaired) electrons. The topological polar surface area (TPSA) is 3.24 Å². The highest BCUT2D eigenvalue weighted by molar-refractivity contribution is 5.39. The Morgan fingerprint density at radius 3 is 2.86 bits per heavy atom. The molecule has 0 bridgehead atoms. The molecule has 76 valence electrons.